The Morgan fingerprint density at radius 2 is 1.88 bits per heavy atom. The molecule has 0 spiro atoms. The molecule has 3 aliphatic carbocycles. The number of hydrogen-bond acceptors (Lipinski definition) is 6. The number of hydrogen-bond donors (Lipinski definition) is 6. The van der Waals surface area contributed by atoms with E-state index in [4.69, 9.17) is 33.9 Å². The number of thiocarbonyl (C=S) groups is 1. The highest BCUT2D eigenvalue weighted by molar-refractivity contribution is 8.28. The summed E-state index contributed by atoms with van der Waals surface area (Å²) in [6.07, 6.45) is 26.6. The van der Waals surface area contributed by atoms with Crippen molar-refractivity contribution in [3.8, 4) is 0 Å². The third-order valence-corrected chi connectivity index (χ3v) is 14.4. The molecule has 0 aromatic heterocycles. The predicted molar refractivity (Wildman–Crippen MR) is 172 cm³/mol. The molecule has 12 heteroatoms. The van der Waals surface area contributed by atoms with E-state index in [1.165, 1.54) is 0 Å². The maximum Gasteiger partial charge on any atom is 0.239 e. The summed E-state index contributed by atoms with van der Waals surface area (Å²) in [5.74, 6) is -0.242. The summed E-state index contributed by atoms with van der Waals surface area (Å²) < 4.78 is 6.94. The van der Waals surface area contributed by atoms with E-state index in [1.54, 1.807) is 0 Å². The molecule has 0 aromatic carbocycles. The first kappa shape index (κ1) is 32.3. The number of aliphatic hydroxyl groups is 1. The molecule has 3 aliphatic rings. The van der Waals surface area contributed by atoms with Gasteiger partial charge in [0.1, 0.15) is 6.04 Å². The van der Waals surface area contributed by atoms with Gasteiger partial charge in [-0.15, -0.1) is 0 Å². The van der Waals surface area contributed by atoms with Crippen LogP contribution in [-0.4, -0.2) is 64.9 Å². The van der Waals surface area contributed by atoms with Gasteiger partial charge in [0, 0.05) is 5.66 Å². The van der Waals surface area contributed by atoms with Crippen LogP contribution < -0.4 is 27.8 Å². The Kier molecular flexibility index (Phi) is 13.2. The minimum absolute atomic E-state index is 0.00279. The third kappa shape index (κ3) is 10.0. The number of rotatable bonds is 13. The van der Waals surface area contributed by atoms with E-state index in [0.717, 1.165) is 31.4 Å². The molecule has 1 amide bonds. The number of guanidine groups is 1. The number of carbonyl (C=O) groups is 1. The fourth-order valence-corrected chi connectivity index (χ4v) is 11.6. The highest BCUT2D eigenvalue weighted by atomic mass is 32.1. The average molecular weight is 605 g/mol. The zero-order valence-electron chi connectivity index (χ0n) is 23.1. The van der Waals surface area contributed by atoms with Crippen LogP contribution >= 0.6 is 27.7 Å². The normalized spacial score (nSPS) is 25.3. The van der Waals surface area contributed by atoms with Crippen molar-refractivity contribution in [1.29, 1.82) is 0 Å². The van der Waals surface area contributed by atoms with Gasteiger partial charge < -0.3 is 37.5 Å². The summed E-state index contributed by atoms with van der Waals surface area (Å²) in [6, 6.07) is -1.46. The molecule has 0 bridgehead atoms. The van der Waals surface area contributed by atoms with Gasteiger partial charge in [-0.1, -0.05) is 73.0 Å². The first-order valence-corrected chi connectivity index (χ1v) is 17.8. The lowest BCUT2D eigenvalue weighted by Gasteiger charge is -2.39. The summed E-state index contributed by atoms with van der Waals surface area (Å²) in [7, 11) is -1.54. The van der Waals surface area contributed by atoms with Crippen LogP contribution in [0.15, 0.2) is 77.5 Å². The Morgan fingerprint density at radius 1 is 1.15 bits per heavy atom. The van der Waals surface area contributed by atoms with E-state index in [-0.39, 0.29) is 23.8 Å². The number of nitrogens with one attached hydrogen (secondary N) is 2. The molecule has 0 aromatic rings. The van der Waals surface area contributed by atoms with Crippen molar-refractivity contribution in [2.45, 2.75) is 62.2 Å². The maximum atomic E-state index is 12.3. The maximum absolute atomic E-state index is 12.3. The highest BCUT2D eigenvalue weighted by Gasteiger charge is 2.36. The van der Waals surface area contributed by atoms with E-state index in [9.17, 15) is 9.90 Å². The van der Waals surface area contributed by atoms with Crippen LogP contribution in [-0.2, 0) is 9.32 Å². The monoisotopic (exact) mass is 604 g/mol. The van der Waals surface area contributed by atoms with Crippen LogP contribution in [0.25, 0.3) is 0 Å². The third-order valence-electron chi connectivity index (χ3n) is 6.75. The Hall–Kier alpha value is -2.19. The lowest BCUT2D eigenvalue weighted by Crippen LogP contribution is -2.52. The van der Waals surface area contributed by atoms with Crippen LogP contribution in [0.2, 0.25) is 0 Å². The second-order valence-electron chi connectivity index (χ2n) is 9.98. The molecule has 218 valence electrons. The van der Waals surface area contributed by atoms with Gasteiger partial charge in [0.2, 0.25) is 5.91 Å². The highest BCUT2D eigenvalue weighted by Crippen LogP contribution is 2.74. The van der Waals surface area contributed by atoms with Gasteiger partial charge in [0.05, 0.1) is 43.1 Å². The van der Waals surface area contributed by atoms with E-state index < -0.39 is 40.0 Å². The number of aliphatic hydroxyl groups excluding tert-OH is 1. The molecule has 0 aliphatic heterocycles. The molecule has 0 saturated carbocycles. The van der Waals surface area contributed by atoms with Crippen LogP contribution in [0.1, 0.15) is 32.6 Å². The molecule has 0 radical (unpaired) electrons. The first-order chi connectivity index (χ1) is 19.2. The van der Waals surface area contributed by atoms with Crippen LogP contribution in [0.4, 0.5) is 0 Å². The Morgan fingerprint density at radius 3 is 2.45 bits per heavy atom. The topological polar surface area (TPSA) is 161 Å². The van der Waals surface area contributed by atoms with Gasteiger partial charge in [0.15, 0.2) is 5.96 Å². The largest absolute Gasteiger partial charge is 0.394 e. The van der Waals surface area contributed by atoms with E-state index in [0.29, 0.717) is 10.6 Å². The molecule has 40 heavy (non-hydrogen) atoms. The number of amides is 1. The fraction of sp³-hybridized carbons (Fsp3) is 0.464. The van der Waals surface area contributed by atoms with E-state index in [1.807, 2.05) is 31.2 Å². The van der Waals surface area contributed by atoms with Crippen molar-refractivity contribution in [3.05, 3.63) is 72.5 Å². The molecule has 8 unspecified atom stereocenters. The molecular weight excluding hydrogens is 562 g/mol. The Labute approximate surface area is 245 Å². The minimum Gasteiger partial charge on any atom is -0.394 e. The summed E-state index contributed by atoms with van der Waals surface area (Å²) in [6.45, 7) is 3.71. The van der Waals surface area contributed by atoms with Crippen molar-refractivity contribution < 1.29 is 14.4 Å². The van der Waals surface area contributed by atoms with Crippen molar-refractivity contribution in [3.63, 3.8) is 0 Å². The zero-order valence-corrected chi connectivity index (χ0v) is 25.7. The first-order valence-electron chi connectivity index (χ1n) is 13.5. The predicted octanol–water partition coefficient (Wildman–Crippen LogP) is 3.39. The minimum atomic E-state index is -0.999. The van der Waals surface area contributed by atoms with Gasteiger partial charge >= 0.3 is 0 Å². The second-order valence-corrected chi connectivity index (χ2v) is 16.8. The van der Waals surface area contributed by atoms with Crippen molar-refractivity contribution >= 4 is 44.5 Å². The van der Waals surface area contributed by atoms with Crippen LogP contribution in [0.3, 0.4) is 0 Å². The standard InChI is InChI=1S/C28H42N6O3P2S/c1-19(32-26(36)24(29)18-35)27(40)34-25(17-20-13-15-21(16-14-20)33-28(30)31)39(37-22-9-5-3-6-10-22)38(2)23-11-7-4-8-12-23/h3-9,11,13,15-16,19-20,22-25,35H,10,12,14,17-18,29H2,1-2H3,(H,32,36)(H,34,40)(H4,30,31,33). The SMILES string of the molecule is CC(NC(=O)C(N)CO)C(=S)NC(CC1C=CC(N=C(N)N)=CC1)P(OC1C=CC=CC1)P(C)C1C=CC=CC1. The number of allylic oxidation sites excluding steroid dienone is 9. The molecule has 0 saturated heterocycles. The second kappa shape index (κ2) is 16.3. The number of nitrogens with zero attached hydrogens (tertiary/aromatic N) is 1. The molecule has 9 N–H and O–H groups in total. The summed E-state index contributed by atoms with van der Waals surface area (Å²) >= 11 is 5.80. The van der Waals surface area contributed by atoms with Gasteiger partial charge in [-0.05, 0) is 58.9 Å². The molecule has 0 heterocycles. The smallest absolute Gasteiger partial charge is 0.239 e. The van der Waals surface area contributed by atoms with Crippen molar-refractivity contribution in [2.75, 3.05) is 13.3 Å². The lowest BCUT2D eigenvalue weighted by atomic mass is 9.96. The molecular formula is C28H42N6O3P2S. The van der Waals surface area contributed by atoms with Gasteiger partial charge in [-0.2, -0.15) is 0 Å². The molecule has 0 fully saturated rings. The number of nitrogens with two attached hydrogens (primary N) is 3. The number of carbonyl (C=O) groups excluding carboxylic acids is 1. The number of aliphatic imine (C=N–C) groups is 1. The van der Waals surface area contributed by atoms with Gasteiger partial charge in [-0.25, -0.2) is 4.99 Å². The van der Waals surface area contributed by atoms with Crippen LogP contribution in [0.5, 0.6) is 0 Å². The van der Waals surface area contributed by atoms with Crippen LogP contribution in [0, 0.1) is 5.92 Å². The molecule has 8 atom stereocenters. The zero-order chi connectivity index (χ0) is 29.1. The summed E-state index contributed by atoms with van der Waals surface area (Å²) in [5, 5.41) is 15.7. The summed E-state index contributed by atoms with van der Waals surface area (Å²) in [5.41, 5.74) is 18.0. The van der Waals surface area contributed by atoms with Crippen molar-refractivity contribution in [2.24, 2.45) is 28.1 Å². The Bertz CT molecular complexity index is 1100. The molecule has 3 rings (SSSR count). The quantitative estimate of drug-likeness (QED) is 0.0807. The van der Waals surface area contributed by atoms with Gasteiger partial charge in [-0.3, -0.25) is 4.79 Å². The fourth-order valence-electron chi connectivity index (χ4n) is 4.44. The lowest BCUT2D eigenvalue weighted by molar-refractivity contribution is -0.123. The van der Waals surface area contributed by atoms with E-state index >= 15 is 0 Å². The average Bonchev–Trinajstić information content (AvgIpc) is 2.96. The van der Waals surface area contributed by atoms with Gasteiger partial charge in [0.25, 0.3) is 0 Å². The molecule has 9 nitrogen and oxygen atoms in total. The Balaban J connectivity index is 1.85. The van der Waals surface area contributed by atoms with E-state index in [2.05, 4.69) is 64.8 Å². The summed E-state index contributed by atoms with van der Waals surface area (Å²) in [4.78, 5) is 17.0. The van der Waals surface area contributed by atoms with Crippen molar-refractivity contribution in [1.82, 2.24) is 10.6 Å².